The van der Waals surface area contributed by atoms with E-state index in [-0.39, 0.29) is 30.3 Å². The lowest BCUT2D eigenvalue weighted by atomic mass is 10.1. The molecule has 2 aliphatic rings. The van der Waals surface area contributed by atoms with Crippen LogP contribution in [0.15, 0.2) is 79.0 Å². The van der Waals surface area contributed by atoms with Crippen molar-refractivity contribution < 1.29 is 37.0 Å². The van der Waals surface area contributed by atoms with E-state index in [0.717, 1.165) is 48.9 Å². The number of imidazole rings is 1. The second-order valence-corrected chi connectivity index (χ2v) is 10.6. The smallest absolute Gasteiger partial charge is 0.490 e. The van der Waals surface area contributed by atoms with Gasteiger partial charge >= 0.3 is 18.2 Å². The van der Waals surface area contributed by atoms with Crippen molar-refractivity contribution in [3.8, 4) is 23.3 Å². The molecule has 0 saturated carbocycles. The molecule has 0 radical (unpaired) electrons. The highest BCUT2D eigenvalue weighted by Gasteiger charge is 2.31. The highest BCUT2D eigenvalue weighted by molar-refractivity contribution is 5.53. The van der Waals surface area contributed by atoms with Crippen LogP contribution in [0.3, 0.4) is 0 Å². The lowest BCUT2D eigenvalue weighted by Gasteiger charge is -2.37. The maximum Gasteiger partial charge on any atom is 0.573 e. The molecule has 14 heteroatoms. The first-order valence-corrected chi connectivity index (χ1v) is 14.4. The number of hydrogen-bond donors (Lipinski definition) is 0. The Hall–Kier alpha value is -5.14. The summed E-state index contributed by atoms with van der Waals surface area (Å²) >= 11 is 0. The van der Waals surface area contributed by atoms with Crippen LogP contribution in [0.5, 0.6) is 23.3 Å². The fraction of sp³-hybridized carbons (Fsp3) is 0.323. The minimum atomic E-state index is -4.73. The van der Waals surface area contributed by atoms with Crippen molar-refractivity contribution in [2.24, 2.45) is 0 Å². The highest BCUT2D eigenvalue weighted by Crippen LogP contribution is 2.28. The van der Waals surface area contributed by atoms with E-state index in [9.17, 15) is 23.3 Å². The van der Waals surface area contributed by atoms with Gasteiger partial charge in [-0.25, -0.2) is 0 Å². The molecule has 45 heavy (non-hydrogen) atoms. The quantitative estimate of drug-likeness (QED) is 0.159. The number of nitro groups is 1. The number of aromatic nitrogens is 2. The van der Waals surface area contributed by atoms with E-state index < -0.39 is 11.3 Å². The van der Waals surface area contributed by atoms with Crippen LogP contribution in [0, 0.1) is 10.1 Å². The van der Waals surface area contributed by atoms with E-state index in [1.54, 1.807) is 4.57 Å². The van der Waals surface area contributed by atoms with Crippen LogP contribution in [0.2, 0.25) is 0 Å². The standard InChI is InChI=1S/C31H30F3N5O6/c32-31(33,34)45-27-11-9-26(10-12-27)42-20-22-1-3-23(4-2-22)36-15-17-37(18-16-36)24-5-7-25(8-6-24)43-21-28-13-14-38-19-29(39(40)41)35-30(38)44-28/h1-12,19,28H,13-18,20-21H2. The highest BCUT2D eigenvalue weighted by atomic mass is 19.4. The van der Waals surface area contributed by atoms with Gasteiger partial charge in [0, 0.05) is 55.5 Å². The fourth-order valence-corrected chi connectivity index (χ4v) is 5.21. The monoisotopic (exact) mass is 625 g/mol. The van der Waals surface area contributed by atoms with Crippen LogP contribution in [-0.2, 0) is 13.2 Å². The van der Waals surface area contributed by atoms with E-state index in [2.05, 4.69) is 19.5 Å². The van der Waals surface area contributed by atoms with Gasteiger partial charge in [-0.3, -0.25) is 4.57 Å². The molecule has 0 amide bonds. The predicted octanol–water partition coefficient (Wildman–Crippen LogP) is 5.83. The number of aryl methyl sites for hydroxylation is 1. The molecule has 1 atom stereocenters. The van der Waals surface area contributed by atoms with Crippen LogP contribution in [0.1, 0.15) is 12.0 Å². The second kappa shape index (κ2) is 12.8. The van der Waals surface area contributed by atoms with E-state index in [1.807, 2.05) is 48.5 Å². The van der Waals surface area contributed by atoms with Gasteiger partial charge in [-0.2, -0.15) is 0 Å². The molecule has 2 aliphatic heterocycles. The molecule has 0 spiro atoms. The Morgan fingerprint density at radius 2 is 1.38 bits per heavy atom. The van der Waals surface area contributed by atoms with Gasteiger partial charge in [0.15, 0.2) is 0 Å². The normalized spacial score (nSPS) is 16.5. The van der Waals surface area contributed by atoms with Crippen LogP contribution in [-0.4, -0.2) is 59.7 Å². The summed E-state index contributed by atoms with van der Waals surface area (Å²) in [4.78, 5) is 19.0. The summed E-state index contributed by atoms with van der Waals surface area (Å²) in [6.07, 6.45) is -2.91. The third-order valence-electron chi connectivity index (χ3n) is 7.56. The number of piperazine rings is 1. The summed E-state index contributed by atoms with van der Waals surface area (Å²) in [7, 11) is 0. The zero-order valence-electron chi connectivity index (χ0n) is 24.1. The van der Waals surface area contributed by atoms with E-state index in [4.69, 9.17) is 14.2 Å². The van der Waals surface area contributed by atoms with Crippen LogP contribution < -0.4 is 28.7 Å². The van der Waals surface area contributed by atoms with Crippen molar-refractivity contribution in [1.29, 1.82) is 0 Å². The molecule has 1 aromatic heterocycles. The van der Waals surface area contributed by atoms with Crippen molar-refractivity contribution in [2.45, 2.75) is 32.0 Å². The third-order valence-corrected chi connectivity index (χ3v) is 7.56. The summed E-state index contributed by atoms with van der Waals surface area (Å²) in [5, 5.41) is 11.0. The molecule has 4 aromatic rings. The van der Waals surface area contributed by atoms with Gasteiger partial charge in [0.1, 0.15) is 42.8 Å². The Morgan fingerprint density at radius 3 is 1.98 bits per heavy atom. The predicted molar refractivity (Wildman–Crippen MR) is 158 cm³/mol. The van der Waals surface area contributed by atoms with Crippen molar-refractivity contribution in [2.75, 3.05) is 42.6 Å². The third kappa shape index (κ3) is 7.69. The number of anilines is 2. The summed E-state index contributed by atoms with van der Waals surface area (Å²) in [5.41, 5.74) is 3.16. The molecule has 1 saturated heterocycles. The van der Waals surface area contributed by atoms with Crippen molar-refractivity contribution in [1.82, 2.24) is 9.55 Å². The van der Waals surface area contributed by atoms with Gasteiger partial charge in [-0.05, 0) is 71.2 Å². The number of nitrogens with zero attached hydrogens (tertiary/aromatic N) is 5. The van der Waals surface area contributed by atoms with E-state index >= 15 is 0 Å². The molecule has 3 heterocycles. The van der Waals surface area contributed by atoms with Gasteiger partial charge in [0.25, 0.3) is 0 Å². The molecule has 0 N–H and O–H groups in total. The summed E-state index contributed by atoms with van der Waals surface area (Å²) in [6, 6.07) is 21.6. The Morgan fingerprint density at radius 1 is 0.822 bits per heavy atom. The molecule has 1 fully saturated rings. The van der Waals surface area contributed by atoms with E-state index in [0.29, 0.717) is 25.3 Å². The number of halogens is 3. The zero-order valence-corrected chi connectivity index (χ0v) is 24.1. The summed E-state index contributed by atoms with van der Waals surface area (Å²) < 4.78 is 59.9. The lowest BCUT2D eigenvalue weighted by Crippen LogP contribution is -2.46. The number of alkyl halides is 3. The van der Waals surface area contributed by atoms with Gasteiger partial charge in [-0.15, -0.1) is 13.2 Å². The Kier molecular flexibility index (Phi) is 8.54. The molecular formula is C31H30F3N5O6. The number of ether oxygens (including phenoxy) is 4. The molecule has 236 valence electrons. The van der Waals surface area contributed by atoms with E-state index in [1.165, 1.54) is 30.5 Å². The first-order valence-electron chi connectivity index (χ1n) is 14.4. The largest absolute Gasteiger partial charge is 0.573 e. The Labute approximate surface area is 256 Å². The van der Waals surface area contributed by atoms with Crippen LogP contribution >= 0.6 is 0 Å². The molecule has 6 rings (SSSR count). The van der Waals surface area contributed by atoms with Gasteiger partial charge in [0.05, 0.1) is 0 Å². The second-order valence-electron chi connectivity index (χ2n) is 10.6. The van der Waals surface area contributed by atoms with Crippen LogP contribution in [0.25, 0.3) is 0 Å². The summed E-state index contributed by atoms with van der Waals surface area (Å²) in [5.74, 6) is 0.654. The average molecular weight is 626 g/mol. The van der Waals surface area contributed by atoms with Crippen molar-refractivity contribution >= 4 is 17.2 Å². The first kappa shape index (κ1) is 29.9. The zero-order chi connectivity index (χ0) is 31.4. The number of rotatable bonds is 10. The van der Waals surface area contributed by atoms with Crippen LogP contribution in [0.4, 0.5) is 30.4 Å². The molecule has 0 bridgehead atoms. The Bertz CT molecular complexity index is 1590. The van der Waals surface area contributed by atoms with Gasteiger partial charge < -0.3 is 38.9 Å². The average Bonchev–Trinajstić information content (AvgIpc) is 3.48. The van der Waals surface area contributed by atoms with Crippen molar-refractivity contribution in [3.63, 3.8) is 0 Å². The summed E-state index contributed by atoms with van der Waals surface area (Å²) in [6.45, 7) is 4.61. The topological polar surface area (TPSA) is 104 Å². The molecule has 0 aliphatic carbocycles. The van der Waals surface area contributed by atoms with Crippen molar-refractivity contribution in [3.05, 3.63) is 94.7 Å². The first-order chi connectivity index (χ1) is 21.7. The Balaban J connectivity index is 0.932. The number of fused-ring (bicyclic) bond motifs is 1. The molecule has 3 aromatic carbocycles. The number of hydrogen-bond acceptors (Lipinski definition) is 9. The fourth-order valence-electron chi connectivity index (χ4n) is 5.21. The number of benzene rings is 3. The minimum absolute atomic E-state index is 0.224. The molecule has 11 nitrogen and oxygen atoms in total. The maximum atomic E-state index is 12.3. The lowest BCUT2D eigenvalue weighted by molar-refractivity contribution is -0.389. The molecular weight excluding hydrogens is 595 g/mol. The molecule has 1 unspecified atom stereocenters. The minimum Gasteiger partial charge on any atom is -0.490 e. The maximum absolute atomic E-state index is 12.3. The SMILES string of the molecule is O=[N+]([O-])c1cn2c(n1)OC(COc1ccc(N3CCN(c4ccc(COc5ccc(OC(F)(F)F)cc5)cc4)CC3)cc1)CC2. The van der Waals surface area contributed by atoms with Gasteiger partial charge in [-0.1, -0.05) is 12.1 Å². The van der Waals surface area contributed by atoms with Gasteiger partial charge in [0.2, 0.25) is 0 Å².